The van der Waals surface area contributed by atoms with Gasteiger partial charge in [-0.3, -0.25) is 0 Å². The minimum atomic E-state index is -0.235. The fourth-order valence-corrected chi connectivity index (χ4v) is 2.92. The highest BCUT2D eigenvalue weighted by Crippen LogP contribution is 2.27. The molecule has 1 aromatic heterocycles. The molecule has 1 heterocycles. The number of thiophene rings is 1. The minimum Gasteiger partial charge on any atom is -0.305 e. The van der Waals surface area contributed by atoms with Crippen molar-refractivity contribution in [2.45, 2.75) is 19.5 Å². The lowest BCUT2D eigenvalue weighted by atomic mass is 10.2. The summed E-state index contributed by atoms with van der Waals surface area (Å²) in [6.07, 6.45) is 0. The van der Waals surface area contributed by atoms with Crippen molar-refractivity contribution in [2.24, 2.45) is 0 Å². The SMILES string of the molecule is CC(NCc1ccc(Br)c(F)c1)c1ccc(Cl)s1. The number of benzene rings is 1. The number of nitrogens with one attached hydrogen (secondary N) is 1. The molecular formula is C13H12BrClFNS. The first-order valence-electron chi connectivity index (χ1n) is 5.49. The molecule has 1 aromatic carbocycles. The zero-order chi connectivity index (χ0) is 13.1. The fraction of sp³-hybridized carbons (Fsp3) is 0.231. The largest absolute Gasteiger partial charge is 0.305 e. The van der Waals surface area contributed by atoms with Crippen molar-refractivity contribution in [3.05, 3.63) is 55.4 Å². The van der Waals surface area contributed by atoms with Gasteiger partial charge in [0.2, 0.25) is 0 Å². The quantitative estimate of drug-likeness (QED) is 0.805. The van der Waals surface area contributed by atoms with E-state index in [-0.39, 0.29) is 11.9 Å². The lowest BCUT2D eigenvalue weighted by molar-refractivity contribution is 0.575. The number of hydrogen-bond donors (Lipinski definition) is 1. The maximum atomic E-state index is 13.3. The van der Waals surface area contributed by atoms with E-state index in [1.54, 1.807) is 17.4 Å². The molecule has 0 saturated heterocycles. The maximum absolute atomic E-state index is 13.3. The monoisotopic (exact) mass is 347 g/mol. The van der Waals surface area contributed by atoms with E-state index in [0.717, 1.165) is 9.90 Å². The Bertz CT molecular complexity index is 544. The van der Waals surface area contributed by atoms with Crippen LogP contribution in [0, 0.1) is 5.82 Å². The molecule has 0 fully saturated rings. The van der Waals surface area contributed by atoms with Crippen molar-refractivity contribution in [3.8, 4) is 0 Å². The molecular weight excluding hydrogens is 337 g/mol. The van der Waals surface area contributed by atoms with E-state index in [2.05, 4.69) is 28.2 Å². The van der Waals surface area contributed by atoms with Gasteiger partial charge in [-0.05, 0) is 52.7 Å². The van der Waals surface area contributed by atoms with Crippen LogP contribution in [-0.4, -0.2) is 0 Å². The molecule has 2 aromatic rings. The Morgan fingerprint density at radius 3 is 2.78 bits per heavy atom. The van der Waals surface area contributed by atoms with Crippen LogP contribution in [0.2, 0.25) is 4.34 Å². The van der Waals surface area contributed by atoms with E-state index in [1.807, 2.05) is 18.2 Å². The minimum absolute atomic E-state index is 0.203. The normalized spacial score (nSPS) is 12.7. The molecule has 1 N–H and O–H groups in total. The van der Waals surface area contributed by atoms with Crippen LogP contribution in [0.3, 0.4) is 0 Å². The van der Waals surface area contributed by atoms with Crippen molar-refractivity contribution < 1.29 is 4.39 Å². The van der Waals surface area contributed by atoms with Crippen molar-refractivity contribution >= 4 is 38.9 Å². The van der Waals surface area contributed by atoms with E-state index in [0.29, 0.717) is 11.0 Å². The Morgan fingerprint density at radius 1 is 1.39 bits per heavy atom. The van der Waals surface area contributed by atoms with E-state index in [4.69, 9.17) is 11.6 Å². The van der Waals surface area contributed by atoms with Crippen LogP contribution in [0.5, 0.6) is 0 Å². The van der Waals surface area contributed by atoms with E-state index >= 15 is 0 Å². The molecule has 5 heteroatoms. The second kappa shape index (κ2) is 6.15. The average Bonchev–Trinajstić information content (AvgIpc) is 2.77. The first-order chi connectivity index (χ1) is 8.56. The van der Waals surface area contributed by atoms with Crippen LogP contribution < -0.4 is 5.32 Å². The van der Waals surface area contributed by atoms with Gasteiger partial charge in [-0.25, -0.2) is 4.39 Å². The molecule has 0 aliphatic carbocycles. The molecule has 0 bridgehead atoms. The van der Waals surface area contributed by atoms with Gasteiger partial charge in [0.15, 0.2) is 0 Å². The molecule has 2 rings (SSSR count). The van der Waals surface area contributed by atoms with Crippen molar-refractivity contribution in [3.63, 3.8) is 0 Å². The van der Waals surface area contributed by atoms with Crippen LogP contribution in [0.4, 0.5) is 4.39 Å². The highest BCUT2D eigenvalue weighted by molar-refractivity contribution is 9.10. The Morgan fingerprint density at radius 2 is 2.17 bits per heavy atom. The molecule has 0 saturated carbocycles. The molecule has 18 heavy (non-hydrogen) atoms. The van der Waals surface area contributed by atoms with Gasteiger partial charge in [-0.1, -0.05) is 17.7 Å². The summed E-state index contributed by atoms with van der Waals surface area (Å²) in [5.41, 5.74) is 0.921. The maximum Gasteiger partial charge on any atom is 0.137 e. The van der Waals surface area contributed by atoms with Gasteiger partial charge in [-0.15, -0.1) is 11.3 Å². The average molecular weight is 349 g/mol. The van der Waals surface area contributed by atoms with Crippen molar-refractivity contribution in [2.75, 3.05) is 0 Å². The molecule has 0 aliphatic rings. The first-order valence-corrected chi connectivity index (χ1v) is 7.47. The highest BCUT2D eigenvalue weighted by atomic mass is 79.9. The Labute approximate surface area is 123 Å². The smallest absolute Gasteiger partial charge is 0.137 e. The molecule has 0 aliphatic heterocycles. The Balaban J connectivity index is 1.97. The summed E-state index contributed by atoms with van der Waals surface area (Å²) in [6.45, 7) is 2.69. The standard InChI is InChI=1S/C13H12BrClFNS/c1-8(12-4-5-13(15)18-12)17-7-9-2-3-10(14)11(16)6-9/h2-6,8,17H,7H2,1H3. The Kier molecular flexibility index (Phi) is 4.78. The summed E-state index contributed by atoms with van der Waals surface area (Å²) in [7, 11) is 0. The Hall–Kier alpha value is -0.420. The molecule has 0 spiro atoms. The summed E-state index contributed by atoms with van der Waals surface area (Å²) >= 11 is 10.6. The van der Waals surface area contributed by atoms with Gasteiger partial charge >= 0.3 is 0 Å². The van der Waals surface area contributed by atoms with E-state index < -0.39 is 0 Å². The third-order valence-corrected chi connectivity index (χ3v) is 4.67. The molecule has 0 amide bonds. The zero-order valence-corrected chi connectivity index (χ0v) is 12.9. The van der Waals surface area contributed by atoms with Gasteiger partial charge in [0.05, 0.1) is 8.81 Å². The molecule has 0 radical (unpaired) electrons. The number of halogens is 3. The summed E-state index contributed by atoms with van der Waals surface area (Å²) in [6, 6.07) is 9.25. The number of rotatable bonds is 4. The fourth-order valence-electron chi connectivity index (χ4n) is 1.58. The summed E-state index contributed by atoms with van der Waals surface area (Å²) in [4.78, 5) is 1.18. The lowest BCUT2D eigenvalue weighted by Crippen LogP contribution is -2.17. The summed E-state index contributed by atoms with van der Waals surface area (Å²) in [5.74, 6) is -0.235. The summed E-state index contributed by atoms with van der Waals surface area (Å²) < 4.78 is 14.6. The third-order valence-electron chi connectivity index (χ3n) is 2.62. The van der Waals surface area contributed by atoms with Gasteiger partial charge in [0.25, 0.3) is 0 Å². The molecule has 1 atom stereocenters. The van der Waals surface area contributed by atoms with Gasteiger partial charge in [0.1, 0.15) is 5.82 Å². The van der Waals surface area contributed by atoms with Crippen LogP contribution in [0.15, 0.2) is 34.8 Å². The highest BCUT2D eigenvalue weighted by Gasteiger charge is 2.08. The lowest BCUT2D eigenvalue weighted by Gasteiger charge is -2.12. The van der Waals surface area contributed by atoms with Crippen LogP contribution in [-0.2, 0) is 6.54 Å². The zero-order valence-electron chi connectivity index (χ0n) is 9.71. The second-order valence-corrected chi connectivity index (χ2v) is 6.59. The van der Waals surface area contributed by atoms with Gasteiger partial charge in [-0.2, -0.15) is 0 Å². The van der Waals surface area contributed by atoms with Crippen LogP contribution >= 0.6 is 38.9 Å². The predicted octanol–water partition coefficient (Wildman–Crippen LogP) is 5.15. The number of hydrogen-bond acceptors (Lipinski definition) is 2. The van der Waals surface area contributed by atoms with E-state index in [9.17, 15) is 4.39 Å². The predicted molar refractivity (Wildman–Crippen MR) is 78.7 cm³/mol. The van der Waals surface area contributed by atoms with E-state index in [1.165, 1.54) is 10.9 Å². The van der Waals surface area contributed by atoms with Crippen molar-refractivity contribution in [1.82, 2.24) is 5.32 Å². The second-order valence-electron chi connectivity index (χ2n) is 3.99. The van der Waals surface area contributed by atoms with Crippen LogP contribution in [0.1, 0.15) is 23.4 Å². The van der Waals surface area contributed by atoms with Crippen molar-refractivity contribution in [1.29, 1.82) is 0 Å². The van der Waals surface area contributed by atoms with Crippen LogP contribution in [0.25, 0.3) is 0 Å². The van der Waals surface area contributed by atoms with Gasteiger partial charge in [0, 0.05) is 17.5 Å². The topological polar surface area (TPSA) is 12.0 Å². The first kappa shape index (κ1) is 14.0. The molecule has 1 nitrogen and oxygen atoms in total. The third kappa shape index (κ3) is 3.54. The molecule has 96 valence electrons. The summed E-state index contributed by atoms with van der Waals surface area (Å²) in [5, 5.41) is 3.35. The molecule has 1 unspecified atom stereocenters. The van der Waals surface area contributed by atoms with Gasteiger partial charge < -0.3 is 5.32 Å².